The Morgan fingerprint density at radius 2 is 1.81 bits per heavy atom. The van der Waals surface area contributed by atoms with Crippen LogP contribution in [0.1, 0.15) is 16.1 Å². The Morgan fingerprint density at radius 1 is 1.04 bits per heavy atom. The minimum absolute atomic E-state index is 0.144. The highest BCUT2D eigenvalue weighted by Gasteiger charge is 2.12. The molecule has 0 atom stereocenters. The van der Waals surface area contributed by atoms with Crippen LogP contribution in [-0.4, -0.2) is 29.9 Å². The van der Waals surface area contributed by atoms with Crippen molar-refractivity contribution in [2.24, 2.45) is 0 Å². The highest BCUT2D eigenvalue weighted by atomic mass is 16.5. The molecule has 0 aliphatic heterocycles. The molecule has 1 amide bonds. The zero-order chi connectivity index (χ0) is 19.2. The zero-order valence-corrected chi connectivity index (χ0v) is 15.0. The van der Waals surface area contributed by atoms with E-state index in [0.717, 1.165) is 5.56 Å². The molecule has 2 aromatic carbocycles. The number of aromatic nitrogens is 2. The summed E-state index contributed by atoms with van der Waals surface area (Å²) in [5, 5.41) is 6.95. The van der Waals surface area contributed by atoms with Gasteiger partial charge in [-0.15, -0.1) is 0 Å². The molecule has 3 aromatic rings. The molecule has 0 aliphatic carbocycles. The second-order valence-corrected chi connectivity index (χ2v) is 5.66. The number of rotatable bonds is 6. The molecule has 7 nitrogen and oxygen atoms in total. The van der Waals surface area contributed by atoms with Gasteiger partial charge in [-0.1, -0.05) is 18.2 Å². The zero-order valence-electron chi connectivity index (χ0n) is 15.0. The highest BCUT2D eigenvalue weighted by molar-refractivity contribution is 5.92. The van der Waals surface area contributed by atoms with Gasteiger partial charge in [-0.2, -0.15) is 9.78 Å². The fourth-order valence-electron chi connectivity index (χ4n) is 2.55. The van der Waals surface area contributed by atoms with Gasteiger partial charge < -0.3 is 14.8 Å². The largest absolute Gasteiger partial charge is 0.497 e. The van der Waals surface area contributed by atoms with E-state index >= 15 is 0 Å². The van der Waals surface area contributed by atoms with Crippen molar-refractivity contribution < 1.29 is 14.3 Å². The normalized spacial score (nSPS) is 10.3. The van der Waals surface area contributed by atoms with Crippen LogP contribution in [-0.2, 0) is 6.54 Å². The molecule has 0 bridgehead atoms. The summed E-state index contributed by atoms with van der Waals surface area (Å²) in [6, 6.07) is 17.0. The van der Waals surface area contributed by atoms with Crippen LogP contribution in [0.25, 0.3) is 5.69 Å². The molecule has 0 unspecified atom stereocenters. The van der Waals surface area contributed by atoms with Crippen LogP contribution < -0.4 is 20.3 Å². The molecule has 0 fully saturated rings. The molecule has 0 saturated heterocycles. The third kappa shape index (κ3) is 4.14. The first kappa shape index (κ1) is 18.2. The summed E-state index contributed by atoms with van der Waals surface area (Å²) >= 11 is 0. The molecular formula is C20H19N3O4. The van der Waals surface area contributed by atoms with Gasteiger partial charge in [-0.3, -0.25) is 9.59 Å². The minimum atomic E-state index is -0.391. The van der Waals surface area contributed by atoms with Crippen molar-refractivity contribution >= 4 is 5.91 Å². The van der Waals surface area contributed by atoms with Gasteiger partial charge in [0.05, 0.1) is 19.9 Å². The van der Waals surface area contributed by atoms with Gasteiger partial charge in [-0.05, 0) is 30.3 Å². The maximum atomic E-state index is 12.5. The van der Waals surface area contributed by atoms with E-state index in [9.17, 15) is 9.59 Å². The maximum Gasteiger partial charge on any atom is 0.272 e. The van der Waals surface area contributed by atoms with Gasteiger partial charge in [0, 0.05) is 24.2 Å². The Bertz CT molecular complexity index is 1000. The Kier molecular flexibility index (Phi) is 5.51. The van der Waals surface area contributed by atoms with E-state index in [1.165, 1.54) is 16.8 Å². The van der Waals surface area contributed by atoms with Crippen LogP contribution in [0.15, 0.2) is 65.5 Å². The molecule has 0 spiro atoms. The average Bonchev–Trinajstić information content (AvgIpc) is 2.72. The smallest absolute Gasteiger partial charge is 0.272 e. The van der Waals surface area contributed by atoms with Crippen molar-refractivity contribution in [3.05, 3.63) is 82.3 Å². The van der Waals surface area contributed by atoms with Gasteiger partial charge in [0.25, 0.3) is 11.5 Å². The topological polar surface area (TPSA) is 82.5 Å². The molecule has 7 heteroatoms. The Hall–Kier alpha value is -3.61. The van der Waals surface area contributed by atoms with E-state index in [-0.39, 0.29) is 17.8 Å². The van der Waals surface area contributed by atoms with Crippen molar-refractivity contribution in [3.8, 4) is 17.2 Å². The number of hydrogen-bond acceptors (Lipinski definition) is 5. The summed E-state index contributed by atoms with van der Waals surface area (Å²) < 4.78 is 11.7. The maximum absolute atomic E-state index is 12.5. The SMILES string of the molecule is COc1ccc(CNC(=O)c2ccc(=O)n(-c3ccccc3)n2)c(OC)c1. The van der Waals surface area contributed by atoms with Gasteiger partial charge in [0.2, 0.25) is 0 Å². The molecule has 1 aromatic heterocycles. The monoisotopic (exact) mass is 365 g/mol. The number of benzene rings is 2. The van der Waals surface area contributed by atoms with Gasteiger partial charge in [0.15, 0.2) is 0 Å². The molecule has 0 aliphatic rings. The number of carbonyl (C=O) groups is 1. The van der Waals surface area contributed by atoms with Crippen LogP contribution in [0.4, 0.5) is 0 Å². The lowest BCUT2D eigenvalue weighted by Gasteiger charge is -2.11. The Morgan fingerprint density at radius 3 is 2.52 bits per heavy atom. The van der Waals surface area contributed by atoms with Crippen molar-refractivity contribution in [3.63, 3.8) is 0 Å². The first-order valence-electron chi connectivity index (χ1n) is 8.27. The molecule has 1 heterocycles. The quantitative estimate of drug-likeness (QED) is 0.724. The number of ether oxygens (including phenoxy) is 2. The molecular weight excluding hydrogens is 346 g/mol. The van der Waals surface area contributed by atoms with Gasteiger partial charge >= 0.3 is 0 Å². The van der Waals surface area contributed by atoms with Crippen LogP contribution in [0.2, 0.25) is 0 Å². The number of nitrogens with one attached hydrogen (secondary N) is 1. The fourth-order valence-corrected chi connectivity index (χ4v) is 2.55. The predicted octanol–water partition coefficient (Wildman–Crippen LogP) is 2.18. The average molecular weight is 365 g/mol. The van der Waals surface area contributed by atoms with E-state index in [2.05, 4.69) is 10.4 Å². The van der Waals surface area contributed by atoms with Crippen LogP contribution in [0.5, 0.6) is 11.5 Å². The van der Waals surface area contributed by atoms with Crippen LogP contribution in [0.3, 0.4) is 0 Å². The lowest BCUT2D eigenvalue weighted by molar-refractivity contribution is 0.0944. The predicted molar refractivity (Wildman–Crippen MR) is 101 cm³/mol. The summed E-state index contributed by atoms with van der Waals surface area (Å²) in [7, 11) is 3.13. The minimum Gasteiger partial charge on any atom is -0.497 e. The van der Waals surface area contributed by atoms with Crippen molar-refractivity contribution in [1.82, 2.24) is 15.1 Å². The molecule has 0 radical (unpaired) electrons. The lowest BCUT2D eigenvalue weighted by atomic mass is 10.2. The third-order valence-corrected chi connectivity index (χ3v) is 3.97. The summed E-state index contributed by atoms with van der Waals surface area (Å²) in [6.07, 6.45) is 0. The second-order valence-electron chi connectivity index (χ2n) is 5.66. The number of amides is 1. The number of hydrogen-bond donors (Lipinski definition) is 1. The molecule has 3 rings (SSSR count). The van der Waals surface area contributed by atoms with E-state index in [1.807, 2.05) is 12.1 Å². The first-order chi connectivity index (χ1) is 13.1. The Labute approximate surface area is 156 Å². The van der Waals surface area contributed by atoms with Crippen molar-refractivity contribution in [1.29, 1.82) is 0 Å². The van der Waals surface area contributed by atoms with Crippen LogP contribution in [0, 0.1) is 0 Å². The molecule has 1 N–H and O–H groups in total. The van der Waals surface area contributed by atoms with E-state index in [4.69, 9.17) is 9.47 Å². The summed E-state index contributed by atoms with van der Waals surface area (Å²) in [5.74, 6) is 0.882. The second kappa shape index (κ2) is 8.18. The highest BCUT2D eigenvalue weighted by Crippen LogP contribution is 2.24. The third-order valence-electron chi connectivity index (χ3n) is 3.97. The van der Waals surface area contributed by atoms with E-state index in [0.29, 0.717) is 17.2 Å². The molecule has 138 valence electrons. The van der Waals surface area contributed by atoms with Crippen molar-refractivity contribution in [2.45, 2.75) is 6.54 Å². The summed E-state index contributed by atoms with van der Waals surface area (Å²) in [5.41, 5.74) is 1.22. The molecule has 0 saturated carbocycles. The standard InChI is InChI=1S/C20H19N3O4/c1-26-16-9-8-14(18(12-16)27-2)13-21-20(25)17-10-11-19(24)23(22-17)15-6-4-3-5-7-15/h3-12H,13H2,1-2H3,(H,21,25). The van der Waals surface area contributed by atoms with Gasteiger partial charge in [0.1, 0.15) is 17.2 Å². The number of para-hydroxylation sites is 1. The van der Waals surface area contributed by atoms with E-state index in [1.54, 1.807) is 50.6 Å². The summed E-state index contributed by atoms with van der Waals surface area (Å²) in [4.78, 5) is 24.5. The number of nitrogens with zero attached hydrogens (tertiary/aromatic N) is 2. The van der Waals surface area contributed by atoms with Gasteiger partial charge in [-0.25, -0.2) is 0 Å². The lowest BCUT2D eigenvalue weighted by Crippen LogP contribution is -2.28. The number of methoxy groups -OCH3 is 2. The summed E-state index contributed by atoms with van der Waals surface area (Å²) in [6.45, 7) is 0.248. The van der Waals surface area contributed by atoms with Crippen molar-refractivity contribution in [2.75, 3.05) is 14.2 Å². The number of carbonyl (C=O) groups excluding carboxylic acids is 1. The Balaban J connectivity index is 1.78. The van der Waals surface area contributed by atoms with Crippen LogP contribution >= 0.6 is 0 Å². The fraction of sp³-hybridized carbons (Fsp3) is 0.150. The first-order valence-corrected chi connectivity index (χ1v) is 8.27. The molecule has 27 heavy (non-hydrogen) atoms. The van der Waals surface area contributed by atoms with E-state index < -0.39 is 5.91 Å².